The Morgan fingerprint density at radius 3 is 2.64 bits per heavy atom. The fraction of sp³-hybridized carbons (Fsp3) is 0.100. The van der Waals surface area contributed by atoms with Crippen LogP contribution in [0.3, 0.4) is 0 Å². The van der Waals surface area contributed by atoms with Crippen LogP contribution in [0.25, 0.3) is 11.3 Å². The lowest BCUT2D eigenvalue weighted by molar-refractivity contribution is 0.511. The van der Waals surface area contributed by atoms with E-state index in [0.29, 0.717) is 17.0 Å². The van der Waals surface area contributed by atoms with E-state index in [4.69, 9.17) is 16.6 Å². The van der Waals surface area contributed by atoms with Gasteiger partial charge in [0.25, 0.3) is 4.84 Å². The summed E-state index contributed by atoms with van der Waals surface area (Å²) in [5.41, 5.74) is 1.08. The van der Waals surface area contributed by atoms with Gasteiger partial charge in [0.1, 0.15) is 11.6 Å². The number of nitrogens with one attached hydrogen (secondary N) is 1. The lowest BCUT2D eigenvalue weighted by atomic mass is 10.1. The minimum absolute atomic E-state index is 0.265. The van der Waals surface area contributed by atoms with Crippen LogP contribution in [-0.4, -0.2) is 4.98 Å². The molecule has 0 aliphatic carbocycles. The fourth-order valence-electron chi connectivity index (χ4n) is 1.33. The quantitative estimate of drug-likeness (QED) is 0.729. The van der Waals surface area contributed by atoms with Crippen LogP contribution in [0.2, 0.25) is 0 Å². The van der Waals surface area contributed by atoms with Gasteiger partial charge in [0.2, 0.25) is 0 Å². The van der Waals surface area contributed by atoms with Gasteiger partial charge in [-0.2, -0.15) is 0 Å². The summed E-state index contributed by atoms with van der Waals surface area (Å²) in [7, 11) is 0. The first kappa shape index (κ1) is 9.15. The summed E-state index contributed by atoms with van der Waals surface area (Å²) in [5.74, 6) is 0.308. The molecule has 0 atom stereocenters. The molecule has 2 nitrogen and oxygen atoms in total. The average Bonchev–Trinajstić information content (AvgIpc) is 2.46. The van der Waals surface area contributed by atoms with Crippen molar-refractivity contribution in [2.75, 3.05) is 0 Å². The van der Waals surface area contributed by atoms with Gasteiger partial charge in [0.15, 0.2) is 0 Å². The van der Waals surface area contributed by atoms with Crippen molar-refractivity contribution in [3.63, 3.8) is 0 Å². The molecular weight excluding hydrogens is 201 g/mol. The number of hydrogen-bond acceptors (Lipinski definition) is 2. The predicted molar refractivity (Wildman–Crippen MR) is 54.0 cm³/mol. The monoisotopic (exact) mass is 209 g/mol. The standard InChI is InChI=1S/C10H8FNOS/c1-6-9(12-10(14)13-6)7-4-2-3-5-8(7)11/h2-5H,1H3,(H,12,14). The molecule has 2 aromatic rings. The summed E-state index contributed by atoms with van der Waals surface area (Å²) in [6, 6.07) is 6.49. The van der Waals surface area contributed by atoms with Crippen molar-refractivity contribution >= 4 is 12.2 Å². The van der Waals surface area contributed by atoms with Crippen molar-refractivity contribution in [3.05, 3.63) is 40.7 Å². The van der Waals surface area contributed by atoms with Crippen LogP contribution in [0.15, 0.2) is 28.7 Å². The summed E-state index contributed by atoms with van der Waals surface area (Å²) in [6.45, 7) is 1.74. The van der Waals surface area contributed by atoms with Gasteiger partial charge < -0.3 is 9.40 Å². The zero-order chi connectivity index (χ0) is 10.1. The van der Waals surface area contributed by atoms with Gasteiger partial charge in [-0.3, -0.25) is 0 Å². The number of hydrogen-bond donors (Lipinski definition) is 1. The first-order chi connectivity index (χ1) is 6.68. The number of oxazole rings is 1. The molecule has 0 aliphatic rings. The summed E-state index contributed by atoms with van der Waals surface area (Å²) < 4.78 is 18.5. The van der Waals surface area contributed by atoms with Crippen molar-refractivity contribution in [3.8, 4) is 11.3 Å². The number of benzene rings is 1. The Balaban J connectivity index is 2.66. The molecule has 14 heavy (non-hydrogen) atoms. The smallest absolute Gasteiger partial charge is 0.266 e. The van der Waals surface area contributed by atoms with Gasteiger partial charge in [-0.05, 0) is 31.3 Å². The zero-order valence-corrected chi connectivity index (χ0v) is 8.32. The highest BCUT2D eigenvalue weighted by Crippen LogP contribution is 2.24. The maximum atomic E-state index is 13.4. The molecule has 0 saturated heterocycles. The second-order valence-corrected chi connectivity index (χ2v) is 3.30. The van der Waals surface area contributed by atoms with Crippen molar-refractivity contribution in [2.45, 2.75) is 6.92 Å². The molecule has 0 saturated carbocycles. The van der Waals surface area contributed by atoms with E-state index in [9.17, 15) is 4.39 Å². The first-order valence-electron chi connectivity index (χ1n) is 4.13. The number of H-pyrrole nitrogens is 1. The van der Waals surface area contributed by atoms with E-state index in [0.717, 1.165) is 0 Å². The third-order valence-corrected chi connectivity index (χ3v) is 2.15. The van der Waals surface area contributed by atoms with E-state index in [1.165, 1.54) is 6.07 Å². The van der Waals surface area contributed by atoms with Crippen LogP contribution in [0, 0.1) is 17.6 Å². The molecule has 1 aromatic carbocycles. The minimum Gasteiger partial charge on any atom is -0.434 e. The molecule has 0 fully saturated rings. The Hall–Kier alpha value is -1.42. The van der Waals surface area contributed by atoms with E-state index >= 15 is 0 Å². The molecule has 0 aliphatic heterocycles. The molecule has 0 amide bonds. The largest absolute Gasteiger partial charge is 0.434 e. The van der Waals surface area contributed by atoms with E-state index in [1.54, 1.807) is 25.1 Å². The van der Waals surface area contributed by atoms with Crippen LogP contribution < -0.4 is 0 Å². The maximum Gasteiger partial charge on any atom is 0.266 e. The third kappa shape index (κ3) is 1.48. The van der Waals surface area contributed by atoms with E-state index in [2.05, 4.69) is 4.98 Å². The van der Waals surface area contributed by atoms with Gasteiger partial charge in [0.05, 0.1) is 5.69 Å². The van der Waals surface area contributed by atoms with Crippen LogP contribution in [0.1, 0.15) is 5.76 Å². The number of aromatic nitrogens is 1. The molecule has 1 heterocycles. The van der Waals surface area contributed by atoms with Gasteiger partial charge in [0, 0.05) is 5.56 Å². The molecule has 0 radical (unpaired) electrons. The number of halogens is 1. The van der Waals surface area contributed by atoms with Crippen LogP contribution in [0.4, 0.5) is 4.39 Å². The topological polar surface area (TPSA) is 28.9 Å². The number of rotatable bonds is 1. The Labute approximate surface area is 85.4 Å². The summed E-state index contributed by atoms with van der Waals surface area (Å²) in [6.07, 6.45) is 0. The third-order valence-electron chi connectivity index (χ3n) is 1.97. The Kier molecular flexibility index (Phi) is 2.21. The second-order valence-electron chi connectivity index (χ2n) is 2.93. The average molecular weight is 209 g/mol. The molecular formula is C10H8FNOS. The van der Waals surface area contributed by atoms with Crippen LogP contribution in [0.5, 0.6) is 0 Å². The van der Waals surface area contributed by atoms with Crippen molar-refractivity contribution in [2.24, 2.45) is 0 Å². The van der Waals surface area contributed by atoms with Crippen molar-refractivity contribution in [1.82, 2.24) is 4.98 Å². The van der Waals surface area contributed by atoms with Crippen molar-refractivity contribution < 1.29 is 8.81 Å². The van der Waals surface area contributed by atoms with Crippen LogP contribution >= 0.6 is 12.2 Å². The molecule has 0 bridgehead atoms. The lowest BCUT2D eigenvalue weighted by Gasteiger charge is -1.99. The molecule has 2 rings (SSSR count). The lowest BCUT2D eigenvalue weighted by Crippen LogP contribution is -1.85. The van der Waals surface area contributed by atoms with Gasteiger partial charge in [-0.15, -0.1) is 0 Å². The number of aryl methyl sites for hydroxylation is 1. The minimum atomic E-state index is -0.289. The summed E-state index contributed by atoms with van der Waals surface area (Å²) >= 11 is 4.82. The molecule has 1 aromatic heterocycles. The van der Waals surface area contributed by atoms with Crippen LogP contribution in [-0.2, 0) is 0 Å². The predicted octanol–water partition coefficient (Wildman–Crippen LogP) is 3.45. The SMILES string of the molecule is Cc1oc(=S)[nH]c1-c1ccccc1F. The Bertz CT molecular complexity index is 515. The summed E-state index contributed by atoms with van der Waals surface area (Å²) in [4.78, 5) is 3.07. The molecule has 72 valence electrons. The molecule has 0 spiro atoms. The Morgan fingerprint density at radius 1 is 1.36 bits per heavy atom. The normalized spacial score (nSPS) is 10.4. The fourth-order valence-corrected chi connectivity index (χ4v) is 1.55. The molecule has 4 heteroatoms. The Morgan fingerprint density at radius 2 is 2.07 bits per heavy atom. The number of aromatic amines is 1. The molecule has 1 N–H and O–H groups in total. The van der Waals surface area contributed by atoms with E-state index in [1.807, 2.05) is 0 Å². The van der Waals surface area contributed by atoms with Gasteiger partial charge in [-0.25, -0.2) is 4.39 Å². The van der Waals surface area contributed by atoms with E-state index < -0.39 is 0 Å². The highest BCUT2D eigenvalue weighted by molar-refractivity contribution is 7.71. The highest BCUT2D eigenvalue weighted by atomic mass is 32.1. The maximum absolute atomic E-state index is 13.4. The molecule has 0 unspecified atom stereocenters. The second kappa shape index (κ2) is 3.38. The summed E-state index contributed by atoms with van der Waals surface area (Å²) in [5, 5.41) is 0. The van der Waals surface area contributed by atoms with Gasteiger partial charge in [-0.1, -0.05) is 12.1 Å². The zero-order valence-electron chi connectivity index (χ0n) is 7.50. The van der Waals surface area contributed by atoms with E-state index in [-0.39, 0.29) is 10.7 Å². The first-order valence-corrected chi connectivity index (χ1v) is 4.54. The van der Waals surface area contributed by atoms with Crippen molar-refractivity contribution in [1.29, 1.82) is 0 Å². The highest BCUT2D eigenvalue weighted by Gasteiger charge is 2.10. The van der Waals surface area contributed by atoms with Gasteiger partial charge >= 0.3 is 0 Å².